The summed E-state index contributed by atoms with van der Waals surface area (Å²) in [6, 6.07) is 4.96. The van der Waals surface area contributed by atoms with E-state index in [4.69, 9.17) is 4.42 Å². The Hall–Kier alpha value is -0.760. The van der Waals surface area contributed by atoms with Gasteiger partial charge in [0.1, 0.15) is 5.76 Å². The minimum atomic E-state index is 0.691. The predicted octanol–water partition coefficient (Wildman–Crippen LogP) is 2.53. The van der Waals surface area contributed by atoms with Crippen molar-refractivity contribution in [1.82, 2.24) is 5.32 Å². The van der Waals surface area contributed by atoms with Crippen LogP contribution in [0, 0.1) is 5.92 Å². The number of rotatable bonds is 4. The van der Waals surface area contributed by atoms with Crippen molar-refractivity contribution in [3.05, 3.63) is 24.2 Å². The highest BCUT2D eigenvalue weighted by molar-refractivity contribution is 5.11. The van der Waals surface area contributed by atoms with Gasteiger partial charge in [-0.05, 0) is 50.3 Å². The van der Waals surface area contributed by atoms with E-state index in [1.165, 1.54) is 38.0 Å². The molecule has 2 fully saturated rings. The molecule has 2 saturated carbocycles. The minimum Gasteiger partial charge on any atom is -0.469 e. The molecule has 14 heavy (non-hydrogen) atoms. The molecule has 0 aromatic carbocycles. The molecule has 2 unspecified atom stereocenters. The number of nitrogens with one attached hydrogen (secondary N) is 1. The van der Waals surface area contributed by atoms with Crippen molar-refractivity contribution < 1.29 is 4.42 Å². The smallest absolute Gasteiger partial charge is 0.107 e. The Morgan fingerprint density at radius 3 is 2.79 bits per heavy atom. The lowest BCUT2D eigenvalue weighted by Gasteiger charge is -2.35. The van der Waals surface area contributed by atoms with E-state index in [1.54, 1.807) is 6.26 Å². The SMILES string of the molecule is c1coc(C2CCC2CNC2CC2)c1. The zero-order chi connectivity index (χ0) is 9.38. The zero-order valence-corrected chi connectivity index (χ0v) is 8.41. The zero-order valence-electron chi connectivity index (χ0n) is 8.41. The lowest BCUT2D eigenvalue weighted by Crippen LogP contribution is -2.34. The second-order valence-corrected chi connectivity index (χ2v) is 4.64. The summed E-state index contributed by atoms with van der Waals surface area (Å²) in [5.74, 6) is 2.71. The van der Waals surface area contributed by atoms with Crippen molar-refractivity contribution in [2.75, 3.05) is 6.54 Å². The molecule has 0 spiro atoms. The second kappa shape index (κ2) is 3.43. The van der Waals surface area contributed by atoms with Gasteiger partial charge in [0, 0.05) is 12.0 Å². The summed E-state index contributed by atoms with van der Waals surface area (Å²) in [7, 11) is 0. The second-order valence-electron chi connectivity index (χ2n) is 4.64. The molecule has 2 heteroatoms. The average Bonchev–Trinajstić information content (AvgIpc) is 2.81. The van der Waals surface area contributed by atoms with Crippen molar-refractivity contribution in [3.63, 3.8) is 0 Å². The van der Waals surface area contributed by atoms with Gasteiger partial charge < -0.3 is 9.73 Å². The van der Waals surface area contributed by atoms with E-state index >= 15 is 0 Å². The Labute approximate surface area is 84.7 Å². The lowest BCUT2D eigenvalue weighted by atomic mass is 9.72. The van der Waals surface area contributed by atoms with Crippen molar-refractivity contribution in [2.24, 2.45) is 5.92 Å². The van der Waals surface area contributed by atoms with E-state index in [1.807, 2.05) is 6.07 Å². The summed E-state index contributed by atoms with van der Waals surface area (Å²) >= 11 is 0. The standard InChI is InChI=1S/C12H17NO/c1-2-12(14-7-1)11-6-3-9(11)8-13-10-4-5-10/h1-2,7,9-11,13H,3-6,8H2. The van der Waals surface area contributed by atoms with Crippen LogP contribution in [0.3, 0.4) is 0 Å². The fourth-order valence-electron chi connectivity index (χ4n) is 2.30. The summed E-state index contributed by atoms with van der Waals surface area (Å²) in [6.07, 6.45) is 7.24. The van der Waals surface area contributed by atoms with Gasteiger partial charge in [-0.2, -0.15) is 0 Å². The number of furan rings is 1. The van der Waals surface area contributed by atoms with Crippen LogP contribution in [0.2, 0.25) is 0 Å². The Bertz CT molecular complexity index is 289. The highest BCUT2D eigenvalue weighted by Gasteiger charge is 2.34. The van der Waals surface area contributed by atoms with Crippen molar-refractivity contribution in [2.45, 2.75) is 37.6 Å². The van der Waals surface area contributed by atoms with Crippen LogP contribution in [0.1, 0.15) is 37.4 Å². The molecule has 0 radical (unpaired) electrons. The van der Waals surface area contributed by atoms with Gasteiger partial charge in [-0.1, -0.05) is 0 Å². The predicted molar refractivity (Wildman–Crippen MR) is 55.2 cm³/mol. The highest BCUT2D eigenvalue weighted by Crippen LogP contribution is 2.42. The third-order valence-electron chi connectivity index (χ3n) is 3.57. The van der Waals surface area contributed by atoms with Gasteiger partial charge >= 0.3 is 0 Å². The molecule has 0 bridgehead atoms. The maximum absolute atomic E-state index is 5.46. The van der Waals surface area contributed by atoms with E-state index in [2.05, 4.69) is 11.4 Å². The van der Waals surface area contributed by atoms with Gasteiger partial charge in [0.15, 0.2) is 0 Å². The van der Waals surface area contributed by atoms with E-state index in [0.717, 1.165) is 12.0 Å². The van der Waals surface area contributed by atoms with Crippen LogP contribution in [-0.2, 0) is 0 Å². The van der Waals surface area contributed by atoms with Crippen molar-refractivity contribution in [3.8, 4) is 0 Å². The Morgan fingerprint density at radius 1 is 1.29 bits per heavy atom. The number of hydrogen-bond acceptors (Lipinski definition) is 2. The Kier molecular flexibility index (Phi) is 2.09. The van der Waals surface area contributed by atoms with Crippen LogP contribution in [0.5, 0.6) is 0 Å². The molecule has 1 aromatic heterocycles. The van der Waals surface area contributed by atoms with Crippen LogP contribution in [-0.4, -0.2) is 12.6 Å². The summed E-state index contributed by atoms with van der Waals surface area (Å²) < 4.78 is 5.46. The quantitative estimate of drug-likeness (QED) is 0.791. The normalized spacial score (nSPS) is 31.4. The Balaban J connectivity index is 1.54. The van der Waals surface area contributed by atoms with Gasteiger partial charge in [0.25, 0.3) is 0 Å². The van der Waals surface area contributed by atoms with Crippen LogP contribution < -0.4 is 5.32 Å². The molecule has 1 aromatic rings. The first-order chi connectivity index (χ1) is 6.93. The van der Waals surface area contributed by atoms with Gasteiger partial charge in [-0.25, -0.2) is 0 Å². The molecular weight excluding hydrogens is 174 g/mol. The molecule has 76 valence electrons. The third kappa shape index (κ3) is 1.59. The topological polar surface area (TPSA) is 25.2 Å². The van der Waals surface area contributed by atoms with E-state index in [-0.39, 0.29) is 0 Å². The first-order valence-electron chi connectivity index (χ1n) is 5.70. The molecule has 2 aliphatic carbocycles. The van der Waals surface area contributed by atoms with E-state index in [9.17, 15) is 0 Å². The van der Waals surface area contributed by atoms with Crippen LogP contribution in [0.4, 0.5) is 0 Å². The van der Waals surface area contributed by atoms with Gasteiger partial charge in [-0.15, -0.1) is 0 Å². The summed E-state index contributed by atoms with van der Waals surface area (Å²) in [5, 5.41) is 3.61. The van der Waals surface area contributed by atoms with Gasteiger partial charge in [-0.3, -0.25) is 0 Å². The molecule has 1 N–H and O–H groups in total. The molecule has 0 aliphatic heterocycles. The molecule has 2 nitrogen and oxygen atoms in total. The lowest BCUT2D eigenvalue weighted by molar-refractivity contribution is 0.215. The van der Waals surface area contributed by atoms with E-state index < -0.39 is 0 Å². The van der Waals surface area contributed by atoms with Crippen LogP contribution in [0.15, 0.2) is 22.8 Å². The van der Waals surface area contributed by atoms with Gasteiger partial charge in [0.05, 0.1) is 6.26 Å². The highest BCUT2D eigenvalue weighted by atomic mass is 16.3. The maximum atomic E-state index is 5.46. The molecule has 0 amide bonds. The molecule has 2 aliphatic rings. The van der Waals surface area contributed by atoms with Crippen molar-refractivity contribution in [1.29, 1.82) is 0 Å². The average molecular weight is 191 g/mol. The molecule has 2 atom stereocenters. The third-order valence-corrected chi connectivity index (χ3v) is 3.57. The van der Waals surface area contributed by atoms with E-state index in [0.29, 0.717) is 5.92 Å². The molecule has 0 saturated heterocycles. The first kappa shape index (κ1) is 8.54. The summed E-state index contributed by atoms with van der Waals surface area (Å²) in [6.45, 7) is 1.19. The van der Waals surface area contributed by atoms with Crippen LogP contribution >= 0.6 is 0 Å². The monoisotopic (exact) mass is 191 g/mol. The van der Waals surface area contributed by atoms with Crippen molar-refractivity contribution >= 4 is 0 Å². The summed E-state index contributed by atoms with van der Waals surface area (Å²) in [4.78, 5) is 0. The number of hydrogen-bond donors (Lipinski definition) is 1. The fourth-order valence-corrected chi connectivity index (χ4v) is 2.30. The summed E-state index contributed by atoms with van der Waals surface area (Å²) in [5.41, 5.74) is 0. The molecular formula is C12H17NO. The van der Waals surface area contributed by atoms with Gasteiger partial charge in [0.2, 0.25) is 0 Å². The molecule has 3 rings (SSSR count). The fraction of sp³-hybridized carbons (Fsp3) is 0.667. The first-order valence-corrected chi connectivity index (χ1v) is 5.70. The van der Waals surface area contributed by atoms with Crippen LogP contribution in [0.25, 0.3) is 0 Å². The minimum absolute atomic E-state index is 0.691. The maximum Gasteiger partial charge on any atom is 0.107 e. The Morgan fingerprint density at radius 2 is 2.21 bits per heavy atom. The molecule has 1 heterocycles. The largest absolute Gasteiger partial charge is 0.469 e.